The molecule has 2 nitrogen and oxygen atoms in total. The van der Waals surface area contributed by atoms with E-state index in [4.69, 9.17) is 4.98 Å². The fourth-order valence-electron chi connectivity index (χ4n) is 2.80. The topological polar surface area (TPSA) is 33.1 Å². The van der Waals surface area contributed by atoms with Crippen molar-refractivity contribution >= 4 is 11.3 Å². The maximum atomic E-state index is 9.61. The third-order valence-electron chi connectivity index (χ3n) is 4.36. The van der Waals surface area contributed by atoms with Gasteiger partial charge in [-0.1, -0.05) is 12.8 Å². The molecule has 0 amide bonds. The second-order valence-corrected chi connectivity index (χ2v) is 6.42. The number of hydrogen-bond acceptors (Lipinski definition) is 3. The highest BCUT2D eigenvalue weighted by Crippen LogP contribution is 2.49. The molecule has 0 bridgehead atoms. The molecule has 0 aliphatic heterocycles. The molecular weight excluding hydrogens is 218 g/mol. The third-order valence-corrected chi connectivity index (χ3v) is 5.93. The van der Waals surface area contributed by atoms with Crippen molar-refractivity contribution < 1.29 is 5.11 Å². The molecule has 1 aromatic rings. The molecule has 2 aliphatic carbocycles. The SMILES string of the molecule is Cc1nc(C2CCC2)sc1C1(CO)CCC1. The van der Waals surface area contributed by atoms with E-state index in [1.54, 1.807) is 0 Å². The van der Waals surface area contributed by atoms with Crippen molar-refractivity contribution in [2.24, 2.45) is 0 Å². The molecule has 3 rings (SSSR count). The summed E-state index contributed by atoms with van der Waals surface area (Å²) in [6.45, 7) is 2.42. The lowest BCUT2D eigenvalue weighted by Gasteiger charge is -2.39. The Morgan fingerprint density at radius 1 is 1.38 bits per heavy atom. The van der Waals surface area contributed by atoms with Crippen molar-refractivity contribution in [3.8, 4) is 0 Å². The van der Waals surface area contributed by atoms with Crippen LogP contribution in [0.15, 0.2) is 0 Å². The minimum absolute atomic E-state index is 0.0871. The molecule has 0 saturated heterocycles. The summed E-state index contributed by atoms with van der Waals surface area (Å²) in [7, 11) is 0. The first-order valence-corrected chi connectivity index (χ1v) is 7.15. The molecule has 0 radical (unpaired) electrons. The van der Waals surface area contributed by atoms with Crippen LogP contribution in [-0.4, -0.2) is 16.7 Å². The fraction of sp³-hybridized carbons (Fsp3) is 0.769. The largest absolute Gasteiger partial charge is 0.395 e. The van der Waals surface area contributed by atoms with Crippen LogP contribution >= 0.6 is 11.3 Å². The number of aliphatic hydroxyl groups is 1. The van der Waals surface area contributed by atoms with Crippen LogP contribution in [0.1, 0.15) is 60.0 Å². The van der Waals surface area contributed by atoms with Gasteiger partial charge in [0.15, 0.2) is 0 Å². The Morgan fingerprint density at radius 2 is 2.12 bits per heavy atom. The molecule has 0 atom stereocenters. The zero-order chi connectivity index (χ0) is 11.2. The smallest absolute Gasteiger partial charge is 0.0962 e. The first-order valence-electron chi connectivity index (χ1n) is 6.34. The lowest BCUT2D eigenvalue weighted by molar-refractivity contribution is 0.122. The molecule has 1 N–H and O–H groups in total. The van der Waals surface area contributed by atoms with E-state index in [1.165, 1.54) is 41.3 Å². The molecule has 88 valence electrons. The van der Waals surface area contributed by atoms with Gasteiger partial charge in [-0.05, 0) is 32.6 Å². The van der Waals surface area contributed by atoms with Gasteiger partial charge in [-0.15, -0.1) is 11.3 Å². The highest BCUT2D eigenvalue weighted by Gasteiger charge is 2.41. The molecular formula is C13H19NOS. The minimum Gasteiger partial charge on any atom is -0.395 e. The van der Waals surface area contributed by atoms with E-state index >= 15 is 0 Å². The van der Waals surface area contributed by atoms with Gasteiger partial charge in [0.05, 0.1) is 17.3 Å². The zero-order valence-corrected chi connectivity index (χ0v) is 10.6. The summed E-state index contributed by atoms with van der Waals surface area (Å²) in [5.41, 5.74) is 1.27. The summed E-state index contributed by atoms with van der Waals surface area (Å²) >= 11 is 1.88. The lowest BCUT2D eigenvalue weighted by Crippen LogP contribution is -2.37. The van der Waals surface area contributed by atoms with E-state index in [1.807, 2.05) is 11.3 Å². The summed E-state index contributed by atoms with van der Waals surface area (Å²) in [6.07, 6.45) is 7.56. The average molecular weight is 237 g/mol. The average Bonchev–Trinajstić information content (AvgIpc) is 2.45. The lowest BCUT2D eigenvalue weighted by atomic mass is 9.68. The van der Waals surface area contributed by atoms with E-state index in [-0.39, 0.29) is 5.41 Å². The van der Waals surface area contributed by atoms with Crippen LogP contribution < -0.4 is 0 Å². The van der Waals surface area contributed by atoms with Crippen molar-refractivity contribution in [1.82, 2.24) is 4.98 Å². The number of thiazole rings is 1. The molecule has 0 unspecified atom stereocenters. The molecule has 3 heteroatoms. The molecule has 16 heavy (non-hydrogen) atoms. The molecule has 0 aromatic carbocycles. The number of aromatic nitrogens is 1. The van der Waals surface area contributed by atoms with Gasteiger partial charge in [-0.2, -0.15) is 0 Å². The third kappa shape index (κ3) is 1.45. The van der Waals surface area contributed by atoms with Crippen molar-refractivity contribution in [3.05, 3.63) is 15.6 Å². The van der Waals surface area contributed by atoms with Gasteiger partial charge < -0.3 is 5.11 Å². The number of aliphatic hydroxyl groups excluding tert-OH is 1. The van der Waals surface area contributed by atoms with E-state index in [0.717, 1.165) is 18.8 Å². The normalized spacial score (nSPS) is 23.9. The van der Waals surface area contributed by atoms with Crippen LogP contribution in [0.4, 0.5) is 0 Å². The predicted molar refractivity (Wildman–Crippen MR) is 66.1 cm³/mol. The highest BCUT2D eigenvalue weighted by atomic mass is 32.1. The van der Waals surface area contributed by atoms with Gasteiger partial charge in [0.2, 0.25) is 0 Å². The van der Waals surface area contributed by atoms with Gasteiger partial charge in [-0.25, -0.2) is 4.98 Å². The second kappa shape index (κ2) is 3.81. The van der Waals surface area contributed by atoms with E-state index in [2.05, 4.69) is 6.92 Å². The summed E-state index contributed by atoms with van der Waals surface area (Å²) < 4.78 is 0. The van der Waals surface area contributed by atoms with Crippen LogP contribution in [0.2, 0.25) is 0 Å². The standard InChI is InChI=1S/C13H19NOS/c1-9-11(13(8-15)6-3-7-13)16-12(14-9)10-4-2-5-10/h10,15H,2-8H2,1H3. The number of aryl methyl sites for hydroxylation is 1. The van der Waals surface area contributed by atoms with Gasteiger partial charge >= 0.3 is 0 Å². The van der Waals surface area contributed by atoms with Crippen molar-refractivity contribution in [3.63, 3.8) is 0 Å². The summed E-state index contributed by atoms with van der Waals surface area (Å²) in [5, 5.41) is 10.9. The Balaban J connectivity index is 1.91. The predicted octanol–water partition coefficient (Wildman–Crippen LogP) is 3.13. The van der Waals surface area contributed by atoms with Gasteiger partial charge in [0, 0.05) is 16.2 Å². The maximum Gasteiger partial charge on any atom is 0.0962 e. The maximum absolute atomic E-state index is 9.61. The molecule has 1 heterocycles. The van der Waals surface area contributed by atoms with Crippen molar-refractivity contribution in [2.75, 3.05) is 6.61 Å². The minimum atomic E-state index is 0.0871. The zero-order valence-electron chi connectivity index (χ0n) is 9.83. The Morgan fingerprint density at radius 3 is 2.56 bits per heavy atom. The van der Waals surface area contributed by atoms with Crippen molar-refractivity contribution in [2.45, 2.75) is 56.8 Å². The quantitative estimate of drug-likeness (QED) is 0.876. The fourth-order valence-corrected chi connectivity index (χ4v) is 4.27. The molecule has 1 aromatic heterocycles. The van der Waals surface area contributed by atoms with Crippen LogP contribution in [0, 0.1) is 6.92 Å². The number of nitrogens with zero attached hydrogens (tertiary/aromatic N) is 1. The second-order valence-electron chi connectivity index (χ2n) is 5.39. The molecule has 2 aliphatic rings. The van der Waals surface area contributed by atoms with Crippen LogP contribution in [0.25, 0.3) is 0 Å². The summed E-state index contributed by atoms with van der Waals surface area (Å²) in [5.74, 6) is 0.730. The van der Waals surface area contributed by atoms with E-state index in [9.17, 15) is 5.11 Å². The van der Waals surface area contributed by atoms with Crippen LogP contribution in [0.3, 0.4) is 0 Å². The van der Waals surface area contributed by atoms with E-state index < -0.39 is 0 Å². The number of rotatable bonds is 3. The number of hydrogen-bond donors (Lipinski definition) is 1. The molecule has 2 fully saturated rings. The Hall–Kier alpha value is -0.410. The van der Waals surface area contributed by atoms with Gasteiger partial charge in [0.1, 0.15) is 0 Å². The first kappa shape index (κ1) is 10.7. The van der Waals surface area contributed by atoms with Crippen molar-refractivity contribution in [1.29, 1.82) is 0 Å². The van der Waals surface area contributed by atoms with Gasteiger partial charge in [-0.3, -0.25) is 0 Å². The molecule has 2 saturated carbocycles. The van der Waals surface area contributed by atoms with Crippen LogP contribution in [-0.2, 0) is 5.41 Å². The summed E-state index contributed by atoms with van der Waals surface area (Å²) in [6, 6.07) is 0. The first-order chi connectivity index (χ1) is 7.75. The Labute approximate surface area is 101 Å². The van der Waals surface area contributed by atoms with E-state index in [0.29, 0.717) is 6.61 Å². The van der Waals surface area contributed by atoms with Gasteiger partial charge in [0.25, 0.3) is 0 Å². The monoisotopic (exact) mass is 237 g/mol. The molecule has 0 spiro atoms. The highest BCUT2D eigenvalue weighted by molar-refractivity contribution is 7.12. The Bertz CT molecular complexity index is 385. The van der Waals surface area contributed by atoms with Crippen LogP contribution in [0.5, 0.6) is 0 Å². The Kier molecular flexibility index (Phi) is 2.55. The summed E-state index contributed by atoms with van der Waals surface area (Å²) in [4.78, 5) is 6.11.